The summed E-state index contributed by atoms with van der Waals surface area (Å²) in [5.41, 5.74) is 1.14. The molecule has 64 valence electrons. The SMILES string of the molecule is CC.CCC1=CCCC(F)=C1. The van der Waals surface area contributed by atoms with Crippen molar-refractivity contribution < 1.29 is 4.39 Å². The first-order valence-corrected chi connectivity index (χ1v) is 4.38. The minimum Gasteiger partial charge on any atom is -0.212 e. The van der Waals surface area contributed by atoms with Gasteiger partial charge in [-0.05, 0) is 24.5 Å². The van der Waals surface area contributed by atoms with E-state index in [0.29, 0.717) is 6.42 Å². The van der Waals surface area contributed by atoms with Crippen LogP contribution in [0.5, 0.6) is 0 Å². The number of hydrogen-bond acceptors (Lipinski definition) is 0. The Kier molecular flexibility index (Phi) is 5.81. The van der Waals surface area contributed by atoms with Crippen molar-refractivity contribution in [3.8, 4) is 0 Å². The molecule has 0 N–H and O–H groups in total. The Bertz CT molecular complexity index is 154. The summed E-state index contributed by atoms with van der Waals surface area (Å²) < 4.78 is 12.4. The third-order valence-corrected chi connectivity index (χ3v) is 1.54. The molecule has 0 spiro atoms. The van der Waals surface area contributed by atoms with Crippen LogP contribution >= 0.6 is 0 Å². The van der Waals surface area contributed by atoms with E-state index in [0.717, 1.165) is 18.4 Å². The van der Waals surface area contributed by atoms with Crippen LogP contribution in [0.15, 0.2) is 23.6 Å². The highest BCUT2D eigenvalue weighted by atomic mass is 19.1. The predicted molar refractivity (Wildman–Crippen MR) is 48.1 cm³/mol. The van der Waals surface area contributed by atoms with E-state index in [2.05, 4.69) is 6.08 Å². The van der Waals surface area contributed by atoms with Crippen molar-refractivity contribution in [1.82, 2.24) is 0 Å². The molecule has 0 heterocycles. The van der Waals surface area contributed by atoms with Gasteiger partial charge >= 0.3 is 0 Å². The average Bonchev–Trinajstić information content (AvgIpc) is 2.08. The van der Waals surface area contributed by atoms with Gasteiger partial charge in [0, 0.05) is 6.42 Å². The Morgan fingerprint density at radius 3 is 2.45 bits per heavy atom. The largest absolute Gasteiger partial charge is 0.212 e. The standard InChI is InChI=1S/C8H11F.C2H6/c1-2-7-4-3-5-8(9)6-7;1-2/h4,6H,2-3,5H2,1H3;1-2H3. The fourth-order valence-electron chi connectivity index (χ4n) is 0.974. The van der Waals surface area contributed by atoms with Crippen LogP contribution in [0.4, 0.5) is 4.39 Å². The Balaban J connectivity index is 0.000000461. The molecular formula is C10H17F. The highest BCUT2D eigenvalue weighted by Gasteiger charge is 2.01. The van der Waals surface area contributed by atoms with Gasteiger partial charge in [-0.1, -0.05) is 26.8 Å². The zero-order valence-corrected chi connectivity index (χ0v) is 7.65. The van der Waals surface area contributed by atoms with E-state index >= 15 is 0 Å². The molecule has 0 unspecified atom stereocenters. The molecule has 11 heavy (non-hydrogen) atoms. The number of halogens is 1. The molecule has 1 aliphatic rings. The first-order chi connectivity index (χ1) is 5.33. The molecule has 0 aliphatic heterocycles. The van der Waals surface area contributed by atoms with Gasteiger partial charge in [0.2, 0.25) is 0 Å². The van der Waals surface area contributed by atoms with Crippen LogP contribution in [0.2, 0.25) is 0 Å². The van der Waals surface area contributed by atoms with E-state index < -0.39 is 0 Å². The van der Waals surface area contributed by atoms with Gasteiger partial charge in [-0.25, -0.2) is 4.39 Å². The number of rotatable bonds is 1. The maximum absolute atomic E-state index is 12.4. The fourth-order valence-corrected chi connectivity index (χ4v) is 0.974. The van der Waals surface area contributed by atoms with Crippen LogP contribution in [0.1, 0.15) is 40.0 Å². The quantitative estimate of drug-likeness (QED) is 0.538. The van der Waals surface area contributed by atoms with Crippen LogP contribution in [0.25, 0.3) is 0 Å². The molecular weight excluding hydrogens is 139 g/mol. The Hall–Kier alpha value is -0.590. The first kappa shape index (κ1) is 10.4. The molecule has 1 aliphatic carbocycles. The molecule has 0 fully saturated rings. The van der Waals surface area contributed by atoms with Gasteiger partial charge in [-0.2, -0.15) is 0 Å². The van der Waals surface area contributed by atoms with E-state index in [-0.39, 0.29) is 5.83 Å². The monoisotopic (exact) mass is 156 g/mol. The van der Waals surface area contributed by atoms with E-state index in [1.165, 1.54) is 0 Å². The van der Waals surface area contributed by atoms with Gasteiger partial charge in [-0.3, -0.25) is 0 Å². The molecule has 0 nitrogen and oxygen atoms in total. The smallest absolute Gasteiger partial charge is 0.100 e. The lowest BCUT2D eigenvalue weighted by Crippen LogP contribution is -1.86. The van der Waals surface area contributed by atoms with Gasteiger partial charge in [0.25, 0.3) is 0 Å². The molecule has 0 saturated heterocycles. The fraction of sp³-hybridized carbons (Fsp3) is 0.600. The minimum absolute atomic E-state index is 0.0364. The summed E-state index contributed by atoms with van der Waals surface area (Å²) in [5.74, 6) is 0.0364. The third kappa shape index (κ3) is 3.97. The second-order valence-corrected chi connectivity index (χ2v) is 2.26. The third-order valence-electron chi connectivity index (χ3n) is 1.54. The Labute approximate surface area is 68.8 Å². The van der Waals surface area contributed by atoms with Crippen LogP contribution in [-0.4, -0.2) is 0 Å². The first-order valence-electron chi connectivity index (χ1n) is 4.38. The average molecular weight is 156 g/mol. The van der Waals surface area contributed by atoms with Gasteiger partial charge in [0.15, 0.2) is 0 Å². The topological polar surface area (TPSA) is 0 Å². The summed E-state index contributed by atoms with van der Waals surface area (Å²) in [7, 11) is 0. The molecule has 0 aromatic carbocycles. The highest BCUT2D eigenvalue weighted by Crippen LogP contribution is 2.19. The van der Waals surface area contributed by atoms with Gasteiger partial charge in [0.05, 0.1) is 0 Å². The zero-order valence-electron chi connectivity index (χ0n) is 7.65. The summed E-state index contributed by atoms with van der Waals surface area (Å²) in [6, 6.07) is 0. The molecule has 0 aromatic heterocycles. The molecule has 0 aromatic rings. The Morgan fingerprint density at radius 1 is 1.45 bits per heavy atom. The highest BCUT2D eigenvalue weighted by molar-refractivity contribution is 5.24. The van der Waals surface area contributed by atoms with Crippen LogP contribution < -0.4 is 0 Å². The maximum atomic E-state index is 12.4. The lowest BCUT2D eigenvalue weighted by Gasteiger charge is -2.04. The summed E-state index contributed by atoms with van der Waals surface area (Å²) >= 11 is 0. The maximum Gasteiger partial charge on any atom is 0.100 e. The summed E-state index contributed by atoms with van der Waals surface area (Å²) in [6.45, 7) is 6.04. The lowest BCUT2D eigenvalue weighted by molar-refractivity contribution is 0.583. The molecule has 0 saturated carbocycles. The second kappa shape index (κ2) is 6.14. The van der Waals surface area contributed by atoms with E-state index in [1.807, 2.05) is 20.8 Å². The number of hydrogen-bond donors (Lipinski definition) is 0. The minimum atomic E-state index is 0.0364. The molecule has 0 atom stereocenters. The van der Waals surface area contributed by atoms with E-state index in [1.54, 1.807) is 6.08 Å². The predicted octanol–water partition coefficient (Wildman–Crippen LogP) is 4.00. The van der Waals surface area contributed by atoms with E-state index in [4.69, 9.17) is 0 Å². The van der Waals surface area contributed by atoms with Crippen molar-refractivity contribution in [1.29, 1.82) is 0 Å². The lowest BCUT2D eigenvalue weighted by atomic mass is 10.0. The van der Waals surface area contributed by atoms with Crippen LogP contribution in [0, 0.1) is 0 Å². The van der Waals surface area contributed by atoms with Crippen LogP contribution in [-0.2, 0) is 0 Å². The molecule has 0 radical (unpaired) electrons. The van der Waals surface area contributed by atoms with Crippen molar-refractivity contribution in [2.75, 3.05) is 0 Å². The molecule has 0 bridgehead atoms. The summed E-state index contributed by atoms with van der Waals surface area (Å²) in [4.78, 5) is 0. The van der Waals surface area contributed by atoms with Gasteiger partial charge < -0.3 is 0 Å². The summed E-state index contributed by atoms with van der Waals surface area (Å²) in [6.07, 6.45) is 6.18. The van der Waals surface area contributed by atoms with E-state index in [9.17, 15) is 4.39 Å². The molecule has 1 heteroatoms. The zero-order chi connectivity index (χ0) is 8.69. The van der Waals surface area contributed by atoms with Crippen molar-refractivity contribution in [3.05, 3.63) is 23.6 Å². The summed E-state index contributed by atoms with van der Waals surface area (Å²) in [5, 5.41) is 0. The molecule has 0 amide bonds. The van der Waals surface area contributed by atoms with Gasteiger partial charge in [0.1, 0.15) is 5.83 Å². The van der Waals surface area contributed by atoms with Crippen molar-refractivity contribution >= 4 is 0 Å². The Morgan fingerprint density at radius 2 is 2.09 bits per heavy atom. The van der Waals surface area contributed by atoms with Gasteiger partial charge in [-0.15, -0.1) is 0 Å². The van der Waals surface area contributed by atoms with Crippen molar-refractivity contribution in [2.24, 2.45) is 0 Å². The number of allylic oxidation sites excluding steroid dienone is 4. The molecule has 1 rings (SSSR count). The van der Waals surface area contributed by atoms with Crippen molar-refractivity contribution in [2.45, 2.75) is 40.0 Å². The van der Waals surface area contributed by atoms with Crippen LogP contribution in [0.3, 0.4) is 0 Å². The second-order valence-electron chi connectivity index (χ2n) is 2.26. The normalized spacial score (nSPS) is 16.0. The van der Waals surface area contributed by atoms with Crippen molar-refractivity contribution in [3.63, 3.8) is 0 Å².